The smallest absolute Gasteiger partial charge is 0.257 e. The van der Waals surface area contributed by atoms with E-state index in [2.05, 4.69) is 25.7 Å². The van der Waals surface area contributed by atoms with Gasteiger partial charge in [-0.15, -0.1) is 26.6 Å². The third-order valence-electron chi connectivity index (χ3n) is 3.70. The Kier molecular flexibility index (Phi) is 4.58. The highest BCUT2D eigenvalue weighted by Crippen LogP contribution is 2.34. The van der Waals surface area contributed by atoms with Crippen molar-refractivity contribution in [3.63, 3.8) is 0 Å². The summed E-state index contributed by atoms with van der Waals surface area (Å²) in [5, 5.41) is 22.9. The van der Waals surface area contributed by atoms with Gasteiger partial charge < -0.3 is 9.15 Å². The maximum Gasteiger partial charge on any atom is 0.257 e. The van der Waals surface area contributed by atoms with Gasteiger partial charge in [0.05, 0.1) is 22.8 Å². The molecule has 3 aromatic rings. The Bertz CT molecular complexity index is 781. The Morgan fingerprint density at radius 3 is 3.17 bits per heavy atom. The lowest BCUT2D eigenvalue weighted by Gasteiger charge is -2.11. The largest absolute Gasteiger partial charge is 0.419 e. The number of thioether (sulfide) groups is 1. The summed E-state index contributed by atoms with van der Waals surface area (Å²) in [6.45, 7) is 3.49. The Balaban J connectivity index is 1.44. The van der Waals surface area contributed by atoms with Gasteiger partial charge in [-0.05, 0) is 41.6 Å². The van der Waals surface area contributed by atoms with Crippen LogP contribution in [0.2, 0.25) is 0 Å². The van der Waals surface area contributed by atoms with Crippen LogP contribution in [0.4, 0.5) is 0 Å². The molecular formula is C14H16N6O2S2. The van der Waals surface area contributed by atoms with Crippen molar-refractivity contribution in [3.05, 3.63) is 23.4 Å². The fourth-order valence-electron chi connectivity index (χ4n) is 2.48. The average molecular weight is 364 g/mol. The van der Waals surface area contributed by atoms with Gasteiger partial charge in [0, 0.05) is 6.61 Å². The first-order valence-corrected chi connectivity index (χ1v) is 9.47. The van der Waals surface area contributed by atoms with Crippen LogP contribution in [0.25, 0.3) is 10.8 Å². The second kappa shape index (κ2) is 6.99. The second-order valence-electron chi connectivity index (χ2n) is 5.46. The molecule has 4 rings (SSSR count). The molecule has 0 N–H and O–H groups in total. The summed E-state index contributed by atoms with van der Waals surface area (Å²) in [7, 11) is 0. The molecule has 1 fully saturated rings. The van der Waals surface area contributed by atoms with Crippen LogP contribution >= 0.6 is 23.1 Å². The summed E-state index contributed by atoms with van der Waals surface area (Å²) in [5.41, 5.74) is 0. The second-order valence-corrected chi connectivity index (χ2v) is 7.72. The molecule has 1 aliphatic heterocycles. The molecule has 0 unspecified atom stereocenters. The van der Waals surface area contributed by atoms with Crippen LogP contribution in [-0.4, -0.2) is 43.1 Å². The standard InChI is InChI=1S/C14H16N6O2S2/c1-9(12-15-16-13(22-12)11-5-3-7-23-11)24-14-17-18-19-20(14)8-10-4-2-6-21-10/h3,5,7,9-10H,2,4,6,8H2,1H3/t9-,10-/m1/s1. The molecule has 8 nitrogen and oxygen atoms in total. The van der Waals surface area contributed by atoms with Crippen LogP contribution < -0.4 is 0 Å². The van der Waals surface area contributed by atoms with Crippen LogP contribution in [0.15, 0.2) is 27.1 Å². The number of hydrogen-bond acceptors (Lipinski definition) is 9. The molecule has 24 heavy (non-hydrogen) atoms. The van der Waals surface area contributed by atoms with Crippen molar-refractivity contribution in [3.8, 4) is 10.8 Å². The van der Waals surface area contributed by atoms with Crippen LogP contribution in [0, 0.1) is 0 Å². The molecule has 0 saturated carbocycles. The molecule has 0 aromatic carbocycles. The van der Waals surface area contributed by atoms with E-state index < -0.39 is 0 Å². The molecule has 1 aliphatic rings. The average Bonchev–Trinajstić information content (AvgIpc) is 3.37. The summed E-state index contributed by atoms with van der Waals surface area (Å²) in [5.74, 6) is 1.11. The molecule has 126 valence electrons. The highest BCUT2D eigenvalue weighted by Gasteiger charge is 2.22. The van der Waals surface area contributed by atoms with E-state index in [9.17, 15) is 0 Å². The Labute approximate surface area is 146 Å². The maximum absolute atomic E-state index is 5.78. The lowest BCUT2D eigenvalue weighted by atomic mass is 10.2. The predicted molar refractivity (Wildman–Crippen MR) is 88.7 cm³/mol. The molecule has 0 spiro atoms. The van der Waals surface area contributed by atoms with E-state index in [-0.39, 0.29) is 11.4 Å². The lowest BCUT2D eigenvalue weighted by molar-refractivity contribution is 0.0911. The van der Waals surface area contributed by atoms with Crippen molar-refractivity contribution < 1.29 is 9.15 Å². The van der Waals surface area contributed by atoms with Crippen LogP contribution in [0.3, 0.4) is 0 Å². The Morgan fingerprint density at radius 1 is 1.42 bits per heavy atom. The third kappa shape index (κ3) is 3.35. The van der Waals surface area contributed by atoms with E-state index in [1.807, 2.05) is 24.4 Å². The number of hydrogen-bond donors (Lipinski definition) is 0. The van der Waals surface area contributed by atoms with Gasteiger partial charge in [0.15, 0.2) is 0 Å². The van der Waals surface area contributed by atoms with Crippen LogP contribution in [0.1, 0.15) is 30.9 Å². The van der Waals surface area contributed by atoms with Gasteiger partial charge in [0.2, 0.25) is 11.0 Å². The summed E-state index contributed by atoms with van der Waals surface area (Å²) in [4.78, 5) is 0.967. The SMILES string of the molecule is C[C@@H](Sc1nnnn1C[C@H]1CCCO1)c1nnc(-c2cccs2)o1. The van der Waals surface area contributed by atoms with E-state index in [1.165, 1.54) is 11.8 Å². The molecule has 0 amide bonds. The third-order valence-corrected chi connectivity index (χ3v) is 5.62. The minimum atomic E-state index is -0.0412. The summed E-state index contributed by atoms with van der Waals surface area (Å²) < 4.78 is 13.2. The molecule has 4 heterocycles. The number of nitrogens with zero attached hydrogens (tertiary/aromatic N) is 6. The minimum Gasteiger partial charge on any atom is -0.419 e. The van der Waals surface area contributed by atoms with Gasteiger partial charge in [-0.25, -0.2) is 4.68 Å². The number of aromatic nitrogens is 6. The zero-order valence-electron chi connectivity index (χ0n) is 13.0. The molecular weight excluding hydrogens is 348 g/mol. The molecule has 0 radical (unpaired) electrons. The van der Waals surface area contributed by atoms with E-state index in [4.69, 9.17) is 9.15 Å². The molecule has 2 atom stereocenters. The fraction of sp³-hybridized carbons (Fsp3) is 0.500. The van der Waals surface area contributed by atoms with Crippen molar-refractivity contribution in [2.75, 3.05) is 6.61 Å². The number of ether oxygens (including phenoxy) is 1. The van der Waals surface area contributed by atoms with Gasteiger partial charge in [-0.3, -0.25) is 0 Å². The summed E-state index contributed by atoms with van der Waals surface area (Å²) in [6.07, 6.45) is 2.34. The van der Waals surface area contributed by atoms with Crippen molar-refractivity contribution in [2.24, 2.45) is 0 Å². The zero-order valence-corrected chi connectivity index (χ0v) is 14.7. The van der Waals surface area contributed by atoms with E-state index in [1.54, 1.807) is 16.0 Å². The number of thiophene rings is 1. The molecule has 10 heteroatoms. The first kappa shape index (κ1) is 15.7. The molecule has 3 aromatic heterocycles. The number of rotatable bonds is 6. The van der Waals surface area contributed by atoms with E-state index in [0.29, 0.717) is 18.3 Å². The molecule has 0 bridgehead atoms. The van der Waals surface area contributed by atoms with Crippen molar-refractivity contribution in [1.29, 1.82) is 0 Å². The van der Waals surface area contributed by atoms with Gasteiger partial charge in [0.1, 0.15) is 0 Å². The molecule has 0 aliphatic carbocycles. The first-order chi connectivity index (χ1) is 11.8. The Morgan fingerprint density at radius 2 is 2.38 bits per heavy atom. The van der Waals surface area contributed by atoms with Gasteiger partial charge >= 0.3 is 0 Å². The van der Waals surface area contributed by atoms with Crippen LogP contribution in [-0.2, 0) is 11.3 Å². The minimum absolute atomic E-state index is 0.0412. The van der Waals surface area contributed by atoms with Gasteiger partial charge in [0.25, 0.3) is 5.89 Å². The van der Waals surface area contributed by atoms with E-state index >= 15 is 0 Å². The first-order valence-electron chi connectivity index (χ1n) is 7.71. The Hall–Kier alpha value is -1.78. The van der Waals surface area contributed by atoms with Gasteiger partial charge in [-0.2, -0.15) is 0 Å². The summed E-state index contributed by atoms with van der Waals surface area (Å²) in [6, 6.07) is 3.92. The zero-order chi connectivity index (χ0) is 16.4. The summed E-state index contributed by atoms with van der Waals surface area (Å²) >= 11 is 3.08. The highest BCUT2D eigenvalue weighted by molar-refractivity contribution is 7.99. The van der Waals surface area contributed by atoms with Crippen molar-refractivity contribution in [1.82, 2.24) is 30.4 Å². The monoisotopic (exact) mass is 364 g/mol. The topological polar surface area (TPSA) is 91.8 Å². The predicted octanol–water partition coefficient (Wildman–Crippen LogP) is 2.82. The van der Waals surface area contributed by atoms with Crippen molar-refractivity contribution >= 4 is 23.1 Å². The highest BCUT2D eigenvalue weighted by atomic mass is 32.2. The normalized spacial score (nSPS) is 19.0. The number of tetrazole rings is 1. The van der Waals surface area contributed by atoms with Crippen LogP contribution in [0.5, 0.6) is 0 Å². The van der Waals surface area contributed by atoms with Gasteiger partial charge in [-0.1, -0.05) is 17.8 Å². The molecule has 1 saturated heterocycles. The quantitative estimate of drug-likeness (QED) is 0.617. The van der Waals surface area contributed by atoms with E-state index in [0.717, 1.165) is 29.5 Å². The lowest BCUT2D eigenvalue weighted by Crippen LogP contribution is -2.17. The fourth-order valence-corrected chi connectivity index (χ4v) is 3.96. The maximum atomic E-state index is 5.78. The van der Waals surface area contributed by atoms with Crippen molar-refractivity contribution in [2.45, 2.75) is 42.8 Å².